The van der Waals surface area contributed by atoms with Gasteiger partial charge >= 0.3 is 0 Å². The summed E-state index contributed by atoms with van der Waals surface area (Å²) in [6, 6.07) is 1.45. The van der Waals surface area contributed by atoms with Gasteiger partial charge in [0.1, 0.15) is 0 Å². The van der Waals surface area contributed by atoms with Gasteiger partial charge < -0.3 is 0 Å². The standard InChI is InChI=1S/C9H17N3O2S2/c1-8(5-7-15-3)12(2)16(13,14)9-4-6-10-11-9/h4,6,8H,5,7H2,1-3H3,(H,10,11). The predicted octanol–water partition coefficient (Wildman–Crippen LogP) is 1.17. The minimum atomic E-state index is -3.42. The van der Waals surface area contributed by atoms with E-state index in [0.717, 1.165) is 12.2 Å². The number of hydrogen-bond acceptors (Lipinski definition) is 4. The van der Waals surface area contributed by atoms with Crippen molar-refractivity contribution in [2.45, 2.75) is 24.4 Å². The van der Waals surface area contributed by atoms with Crippen molar-refractivity contribution in [3.05, 3.63) is 12.3 Å². The molecule has 16 heavy (non-hydrogen) atoms. The molecule has 0 amide bonds. The lowest BCUT2D eigenvalue weighted by atomic mass is 10.3. The fraction of sp³-hybridized carbons (Fsp3) is 0.667. The van der Waals surface area contributed by atoms with E-state index < -0.39 is 10.0 Å². The fourth-order valence-corrected chi connectivity index (χ4v) is 3.12. The van der Waals surface area contributed by atoms with Crippen LogP contribution in [0.3, 0.4) is 0 Å². The van der Waals surface area contributed by atoms with Crippen LogP contribution in [0.1, 0.15) is 13.3 Å². The Morgan fingerprint density at radius 1 is 1.62 bits per heavy atom. The summed E-state index contributed by atoms with van der Waals surface area (Å²) in [5.41, 5.74) is 0. The van der Waals surface area contributed by atoms with Crippen molar-refractivity contribution in [3.63, 3.8) is 0 Å². The first kappa shape index (κ1) is 13.5. The molecule has 0 fully saturated rings. The van der Waals surface area contributed by atoms with Gasteiger partial charge in [0.25, 0.3) is 10.0 Å². The van der Waals surface area contributed by atoms with Gasteiger partial charge in [-0.15, -0.1) is 0 Å². The Balaban J connectivity index is 2.77. The maximum absolute atomic E-state index is 12.0. The molecule has 0 radical (unpaired) electrons. The molecule has 0 aliphatic rings. The molecule has 0 saturated heterocycles. The molecule has 1 atom stereocenters. The van der Waals surface area contributed by atoms with Crippen LogP contribution >= 0.6 is 11.8 Å². The predicted molar refractivity (Wildman–Crippen MR) is 66.0 cm³/mol. The van der Waals surface area contributed by atoms with Crippen LogP contribution in [0.4, 0.5) is 0 Å². The Morgan fingerprint density at radius 3 is 2.81 bits per heavy atom. The third-order valence-corrected chi connectivity index (χ3v) is 5.04. The summed E-state index contributed by atoms with van der Waals surface area (Å²) in [7, 11) is -1.82. The highest BCUT2D eigenvalue weighted by molar-refractivity contribution is 7.98. The maximum atomic E-state index is 12.0. The summed E-state index contributed by atoms with van der Waals surface area (Å²) in [6.07, 6.45) is 4.29. The van der Waals surface area contributed by atoms with Crippen LogP contribution in [0.25, 0.3) is 0 Å². The van der Waals surface area contributed by atoms with Crippen molar-refractivity contribution >= 4 is 21.8 Å². The zero-order valence-corrected chi connectivity index (χ0v) is 11.3. The molecule has 92 valence electrons. The molecule has 0 aliphatic heterocycles. The molecule has 1 rings (SSSR count). The van der Waals surface area contributed by atoms with E-state index in [1.807, 2.05) is 13.2 Å². The minimum absolute atomic E-state index is 0.0132. The quantitative estimate of drug-likeness (QED) is 0.836. The lowest BCUT2D eigenvalue weighted by Crippen LogP contribution is -2.35. The van der Waals surface area contributed by atoms with Crippen molar-refractivity contribution in [2.24, 2.45) is 0 Å². The van der Waals surface area contributed by atoms with E-state index in [9.17, 15) is 8.42 Å². The molecule has 1 aromatic heterocycles. The monoisotopic (exact) mass is 263 g/mol. The minimum Gasteiger partial charge on any atom is -0.266 e. The highest BCUT2D eigenvalue weighted by Gasteiger charge is 2.25. The molecule has 0 bridgehead atoms. The van der Waals surface area contributed by atoms with Crippen molar-refractivity contribution < 1.29 is 8.42 Å². The molecule has 0 aromatic carbocycles. The zero-order chi connectivity index (χ0) is 12.2. The van der Waals surface area contributed by atoms with E-state index in [-0.39, 0.29) is 11.1 Å². The highest BCUT2D eigenvalue weighted by Crippen LogP contribution is 2.16. The van der Waals surface area contributed by atoms with Crippen molar-refractivity contribution in [2.75, 3.05) is 19.1 Å². The Labute approximate surface area is 101 Å². The molecule has 1 aromatic rings. The summed E-state index contributed by atoms with van der Waals surface area (Å²) in [5.74, 6) is 0.948. The molecule has 0 saturated carbocycles. The summed E-state index contributed by atoms with van der Waals surface area (Å²) in [5, 5.41) is 6.29. The van der Waals surface area contributed by atoms with E-state index in [0.29, 0.717) is 0 Å². The average Bonchev–Trinajstić information content (AvgIpc) is 2.78. The van der Waals surface area contributed by atoms with E-state index in [2.05, 4.69) is 10.2 Å². The van der Waals surface area contributed by atoms with Crippen LogP contribution < -0.4 is 0 Å². The topological polar surface area (TPSA) is 66.1 Å². The molecular formula is C9H17N3O2S2. The van der Waals surface area contributed by atoms with E-state index >= 15 is 0 Å². The van der Waals surface area contributed by atoms with Crippen molar-refractivity contribution in [3.8, 4) is 0 Å². The normalized spacial score (nSPS) is 14.2. The largest absolute Gasteiger partial charge is 0.266 e. The van der Waals surface area contributed by atoms with Gasteiger partial charge in [0.15, 0.2) is 5.03 Å². The number of rotatable bonds is 6. The number of hydrogen-bond donors (Lipinski definition) is 1. The van der Waals surface area contributed by atoms with Gasteiger partial charge in [0, 0.05) is 13.1 Å². The van der Waals surface area contributed by atoms with Crippen LogP contribution in [-0.2, 0) is 10.0 Å². The van der Waals surface area contributed by atoms with Crippen LogP contribution in [0.15, 0.2) is 17.3 Å². The van der Waals surface area contributed by atoms with Gasteiger partial charge in [0.2, 0.25) is 0 Å². The number of H-pyrrole nitrogens is 1. The Kier molecular flexibility index (Phi) is 4.82. The van der Waals surface area contributed by atoms with E-state index in [1.165, 1.54) is 16.6 Å². The van der Waals surface area contributed by atoms with Crippen LogP contribution in [0.2, 0.25) is 0 Å². The molecule has 0 aliphatic carbocycles. The average molecular weight is 263 g/mol. The van der Waals surface area contributed by atoms with Crippen LogP contribution in [0, 0.1) is 0 Å². The summed E-state index contributed by atoms with van der Waals surface area (Å²) in [6.45, 7) is 1.91. The van der Waals surface area contributed by atoms with Gasteiger partial charge in [-0.3, -0.25) is 5.10 Å². The molecular weight excluding hydrogens is 246 g/mol. The molecule has 1 N–H and O–H groups in total. The molecule has 0 spiro atoms. The Hall–Kier alpha value is -0.530. The number of sulfonamides is 1. The third-order valence-electron chi connectivity index (χ3n) is 2.49. The second-order valence-electron chi connectivity index (χ2n) is 3.57. The number of nitrogens with one attached hydrogen (secondary N) is 1. The number of aromatic amines is 1. The first-order chi connectivity index (χ1) is 7.50. The van der Waals surface area contributed by atoms with Crippen molar-refractivity contribution in [1.29, 1.82) is 0 Å². The van der Waals surface area contributed by atoms with E-state index in [1.54, 1.807) is 18.8 Å². The molecule has 5 nitrogen and oxygen atoms in total. The number of nitrogens with zero attached hydrogens (tertiary/aromatic N) is 2. The second kappa shape index (κ2) is 5.70. The highest BCUT2D eigenvalue weighted by atomic mass is 32.2. The fourth-order valence-electron chi connectivity index (χ4n) is 1.25. The molecule has 1 unspecified atom stereocenters. The van der Waals surface area contributed by atoms with Crippen LogP contribution in [-0.4, -0.2) is 48.0 Å². The Morgan fingerprint density at radius 2 is 2.31 bits per heavy atom. The van der Waals surface area contributed by atoms with Crippen molar-refractivity contribution in [1.82, 2.24) is 14.5 Å². The molecule has 7 heteroatoms. The first-order valence-corrected chi connectivity index (χ1v) is 7.80. The van der Waals surface area contributed by atoms with Gasteiger partial charge in [-0.05, 0) is 31.4 Å². The van der Waals surface area contributed by atoms with Gasteiger partial charge in [-0.2, -0.15) is 21.2 Å². The van der Waals surface area contributed by atoms with Gasteiger partial charge in [0.05, 0.1) is 6.20 Å². The lowest BCUT2D eigenvalue weighted by Gasteiger charge is -2.23. The van der Waals surface area contributed by atoms with E-state index in [4.69, 9.17) is 0 Å². The Bertz CT molecular complexity index is 402. The van der Waals surface area contributed by atoms with Crippen LogP contribution in [0.5, 0.6) is 0 Å². The van der Waals surface area contributed by atoms with Gasteiger partial charge in [-0.25, -0.2) is 8.42 Å². The second-order valence-corrected chi connectivity index (χ2v) is 6.52. The summed E-state index contributed by atoms with van der Waals surface area (Å²) < 4.78 is 25.5. The number of aromatic nitrogens is 2. The SMILES string of the molecule is CSCCC(C)N(C)S(=O)(=O)c1ccn[nH]1. The number of thioether (sulfide) groups is 1. The molecule has 1 heterocycles. The smallest absolute Gasteiger partial charge is 0.259 e. The maximum Gasteiger partial charge on any atom is 0.259 e. The summed E-state index contributed by atoms with van der Waals surface area (Å²) >= 11 is 1.71. The third kappa shape index (κ3) is 2.99. The zero-order valence-electron chi connectivity index (χ0n) is 9.67. The van der Waals surface area contributed by atoms with Gasteiger partial charge in [-0.1, -0.05) is 0 Å². The summed E-state index contributed by atoms with van der Waals surface area (Å²) in [4.78, 5) is 0. The lowest BCUT2D eigenvalue weighted by molar-refractivity contribution is 0.381. The first-order valence-electron chi connectivity index (χ1n) is 4.96.